The van der Waals surface area contributed by atoms with E-state index in [0.29, 0.717) is 36.6 Å². The van der Waals surface area contributed by atoms with E-state index in [9.17, 15) is 14.4 Å². The molecule has 0 aromatic heterocycles. The molecule has 1 heterocycles. The second kappa shape index (κ2) is 17.0. The van der Waals surface area contributed by atoms with Gasteiger partial charge in [-0.3, -0.25) is 9.59 Å². The Hall–Kier alpha value is -4.30. The van der Waals surface area contributed by atoms with Crippen LogP contribution in [0, 0.1) is 0 Å². The van der Waals surface area contributed by atoms with Crippen molar-refractivity contribution >= 4 is 29.3 Å². The average molecular weight is 653 g/mol. The molecular formula is C39H41ClN2O5. The Bertz CT molecular complexity index is 1580. The third kappa shape index (κ3) is 9.38. The average Bonchev–Trinajstić information content (AvgIpc) is 3.11. The van der Waals surface area contributed by atoms with Crippen LogP contribution in [-0.2, 0) is 27.1 Å². The van der Waals surface area contributed by atoms with Crippen molar-refractivity contribution in [3.05, 3.63) is 142 Å². The van der Waals surface area contributed by atoms with Crippen molar-refractivity contribution in [2.75, 3.05) is 20.3 Å². The molecule has 0 unspecified atom stereocenters. The first-order valence-electron chi connectivity index (χ1n) is 16.1. The predicted molar refractivity (Wildman–Crippen MR) is 184 cm³/mol. The summed E-state index contributed by atoms with van der Waals surface area (Å²) >= 11 is 6.19. The molecule has 5 rings (SSSR count). The maximum absolute atomic E-state index is 14.1. The van der Waals surface area contributed by atoms with Crippen LogP contribution in [0.2, 0.25) is 5.02 Å². The molecular weight excluding hydrogens is 612 g/mol. The Balaban J connectivity index is 1.21. The highest BCUT2D eigenvalue weighted by atomic mass is 35.5. The number of benzene rings is 4. The van der Waals surface area contributed by atoms with Crippen LogP contribution in [0.15, 0.2) is 109 Å². The Kier molecular flexibility index (Phi) is 12.3. The number of hydrogen-bond donors (Lipinski definition) is 2. The summed E-state index contributed by atoms with van der Waals surface area (Å²) < 4.78 is 11.1. The van der Waals surface area contributed by atoms with Gasteiger partial charge in [0.15, 0.2) is 11.6 Å². The summed E-state index contributed by atoms with van der Waals surface area (Å²) in [6.07, 6.45) is 2.12. The molecule has 0 aliphatic carbocycles. The van der Waals surface area contributed by atoms with Crippen molar-refractivity contribution in [1.29, 1.82) is 0 Å². The number of ketones is 2. The third-order valence-corrected chi connectivity index (χ3v) is 9.07. The number of carbonyl (C=O) groups is 3. The second-order valence-corrected chi connectivity index (χ2v) is 12.3. The number of aryl methyl sites for hydroxylation is 1. The molecule has 4 aromatic carbocycles. The van der Waals surface area contributed by atoms with Crippen molar-refractivity contribution in [3.8, 4) is 0 Å². The minimum atomic E-state index is -0.840. The largest absolute Gasteiger partial charge is 0.453 e. The van der Waals surface area contributed by atoms with E-state index in [2.05, 4.69) is 16.7 Å². The van der Waals surface area contributed by atoms with E-state index in [-0.39, 0.29) is 30.1 Å². The number of rotatable bonds is 14. The highest BCUT2D eigenvalue weighted by molar-refractivity contribution is 6.33. The van der Waals surface area contributed by atoms with Gasteiger partial charge in [-0.1, -0.05) is 109 Å². The van der Waals surface area contributed by atoms with Gasteiger partial charge in [-0.15, -0.1) is 0 Å². The molecule has 1 aliphatic heterocycles. The molecule has 47 heavy (non-hydrogen) atoms. The number of halogens is 1. The SMILES string of the molecule is COC(=O)N[C@H](C(=O)Cc1ccccc1CC[C@@H]1CN[C@H](CCC(=O)c2ccccc2Cl)CO1)C(c1ccccc1)c1ccccc1. The number of Topliss-reactive ketones (excluding diaryl/α,β-unsaturated/α-hetero) is 2. The molecule has 1 aliphatic rings. The summed E-state index contributed by atoms with van der Waals surface area (Å²) in [5.74, 6) is -0.468. The zero-order valence-electron chi connectivity index (χ0n) is 26.6. The van der Waals surface area contributed by atoms with Gasteiger partial charge in [0.1, 0.15) is 6.04 Å². The molecule has 1 amide bonds. The summed E-state index contributed by atoms with van der Waals surface area (Å²) in [6, 6.07) is 33.9. The van der Waals surface area contributed by atoms with Crippen molar-refractivity contribution in [1.82, 2.24) is 10.6 Å². The number of ether oxygens (including phenoxy) is 2. The normalized spacial score (nSPS) is 16.7. The predicted octanol–water partition coefficient (Wildman–Crippen LogP) is 6.96. The molecule has 2 N–H and O–H groups in total. The van der Waals surface area contributed by atoms with E-state index >= 15 is 0 Å². The lowest BCUT2D eigenvalue weighted by Gasteiger charge is -2.30. The first-order valence-corrected chi connectivity index (χ1v) is 16.5. The fraction of sp³-hybridized carbons (Fsp3) is 0.308. The minimum Gasteiger partial charge on any atom is -0.453 e. The summed E-state index contributed by atoms with van der Waals surface area (Å²) in [7, 11) is 1.30. The van der Waals surface area contributed by atoms with Gasteiger partial charge in [-0.2, -0.15) is 0 Å². The fourth-order valence-electron chi connectivity index (χ4n) is 6.19. The zero-order valence-corrected chi connectivity index (χ0v) is 27.3. The molecule has 4 aromatic rings. The fourth-order valence-corrected chi connectivity index (χ4v) is 6.43. The molecule has 0 radical (unpaired) electrons. The summed E-state index contributed by atoms with van der Waals surface area (Å²) in [5.41, 5.74) is 4.41. The number of amides is 1. The van der Waals surface area contributed by atoms with Gasteiger partial charge in [-0.25, -0.2) is 4.79 Å². The molecule has 0 bridgehead atoms. The van der Waals surface area contributed by atoms with Crippen LogP contribution in [0.1, 0.15) is 57.8 Å². The van der Waals surface area contributed by atoms with Crippen LogP contribution >= 0.6 is 11.6 Å². The molecule has 244 valence electrons. The van der Waals surface area contributed by atoms with E-state index in [4.69, 9.17) is 21.1 Å². The summed E-state index contributed by atoms with van der Waals surface area (Å²) in [6.45, 7) is 1.22. The van der Waals surface area contributed by atoms with Gasteiger partial charge in [0.2, 0.25) is 0 Å². The van der Waals surface area contributed by atoms with Crippen LogP contribution in [-0.4, -0.2) is 56.1 Å². The molecule has 8 heteroatoms. The van der Waals surface area contributed by atoms with Crippen molar-refractivity contribution in [2.45, 2.75) is 56.2 Å². The summed E-state index contributed by atoms with van der Waals surface area (Å²) in [4.78, 5) is 39.3. The van der Waals surface area contributed by atoms with Crippen molar-refractivity contribution in [2.24, 2.45) is 0 Å². The molecule has 1 saturated heterocycles. The number of alkyl carbamates (subject to hydrolysis) is 1. The van der Waals surface area contributed by atoms with Crippen LogP contribution in [0.4, 0.5) is 4.79 Å². The van der Waals surface area contributed by atoms with Gasteiger partial charge >= 0.3 is 6.09 Å². The van der Waals surface area contributed by atoms with Crippen LogP contribution in [0.3, 0.4) is 0 Å². The molecule has 7 nitrogen and oxygen atoms in total. The Morgan fingerprint density at radius 3 is 2.09 bits per heavy atom. The van der Waals surface area contributed by atoms with E-state index in [1.165, 1.54) is 7.11 Å². The van der Waals surface area contributed by atoms with E-state index in [0.717, 1.165) is 35.1 Å². The third-order valence-electron chi connectivity index (χ3n) is 8.74. The smallest absolute Gasteiger partial charge is 0.407 e. The first-order chi connectivity index (χ1) is 22.9. The van der Waals surface area contributed by atoms with Crippen LogP contribution < -0.4 is 10.6 Å². The lowest BCUT2D eigenvalue weighted by molar-refractivity contribution is -0.120. The topological polar surface area (TPSA) is 93.7 Å². The van der Waals surface area contributed by atoms with Crippen molar-refractivity contribution < 1.29 is 23.9 Å². The Morgan fingerprint density at radius 2 is 1.47 bits per heavy atom. The van der Waals surface area contributed by atoms with Crippen LogP contribution in [0.25, 0.3) is 0 Å². The standard InChI is InChI=1S/C39H41ClN2O5/c1-46-39(45)42-38(37(28-13-4-2-5-14-28)29-15-6-3-7-16-29)36(44)24-30-17-9-8-12-27(30)20-22-32-25-41-31(26-47-32)21-23-35(43)33-18-10-11-19-34(33)40/h2-19,31-32,37-38,41H,20-26H2,1H3,(H,42,45)/t31-,32-,38-/m1/s1. The number of nitrogens with one attached hydrogen (secondary N) is 2. The number of methoxy groups -OCH3 is 1. The number of morpholine rings is 1. The van der Waals surface area contributed by atoms with Gasteiger partial charge in [0.25, 0.3) is 0 Å². The second-order valence-electron chi connectivity index (χ2n) is 11.9. The maximum atomic E-state index is 14.1. The van der Waals surface area contributed by atoms with Gasteiger partial charge < -0.3 is 20.1 Å². The Labute approximate surface area is 281 Å². The quantitative estimate of drug-likeness (QED) is 0.143. The molecule has 0 spiro atoms. The first kappa shape index (κ1) is 34.0. The van der Waals surface area contributed by atoms with E-state index in [1.54, 1.807) is 12.1 Å². The van der Waals surface area contributed by atoms with Gasteiger partial charge in [0.05, 0.1) is 24.8 Å². The highest BCUT2D eigenvalue weighted by Crippen LogP contribution is 2.30. The van der Waals surface area contributed by atoms with Gasteiger partial charge in [-0.05, 0) is 53.6 Å². The molecule has 1 fully saturated rings. The summed E-state index contributed by atoms with van der Waals surface area (Å²) in [5, 5.41) is 6.87. The minimum absolute atomic E-state index is 0.0172. The monoisotopic (exact) mass is 652 g/mol. The lowest BCUT2D eigenvalue weighted by atomic mass is 9.81. The van der Waals surface area contributed by atoms with Gasteiger partial charge in [0, 0.05) is 36.9 Å². The van der Waals surface area contributed by atoms with Crippen molar-refractivity contribution in [3.63, 3.8) is 0 Å². The van der Waals surface area contributed by atoms with E-state index in [1.807, 2.05) is 91.0 Å². The zero-order chi connectivity index (χ0) is 33.0. The number of carbonyl (C=O) groups excluding carboxylic acids is 3. The van der Waals surface area contributed by atoms with Crippen LogP contribution in [0.5, 0.6) is 0 Å². The lowest BCUT2D eigenvalue weighted by Crippen LogP contribution is -2.46. The molecule has 3 atom stereocenters. The Morgan fingerprint density at radius 1 is 0.851 bits per heavy atom. The molecule has 0 saturated carbocycles. The maximum Gasteiger partial charge on any atom is 0.407 e. The highest BCUT2D eigenvalue weighted by Gasteiger charge is 2.33. The van der Waals surface area contributed by atoms with E-state index < -0.39 is 18.1 Å². The number of hydrogen-bond acceptors (Lipinski definition) is 6.